The van der Waals surface area contributed by atoms with Gasteiger partial charge in [0.05, 0.1) is 24.2 Å². The first-order valence-corrected chi connectivity index (χ1v) is 7.67. The van der Waals surface area contributed by atoms with Gasteiger partial charge in [-0.15, -0.1) is 0 Å². The summed E-state index contributed by atoms with van der Waals surface area (Å²) >= 11 is 0. The second-order valence-corrected chi connectivity index (χ2v) is 6.16. The zero-order valence-electron chi connectivity index (χ0n) is 13.1. The van der Waals surface area contributed by atoms with Gasteiger partial charge in [0.15, 0.2) is 0 Å². The van der Waals surface area contributed by atoms with Crippen LogP contribution in [0.4, 0.5) is 0 Å². The summed E-state index contributed by atoms with van der Waals surface area (Å²) in [4.78, 5) is 21.5. The molecule has 0 unspecified atom stereocenters. The van der Waals surface area contributed by atoms with Crippen LogP contribution in [-0.2, 0) is 11.3 Å². The standard InChI is InChI=1S/C15H26N4O2/c1-10(2)15(21)18-12-4-6-19(7-5-14(12)20)8-13-11(3)16-9-17-13/h9-10,12,14,20H,4-8H2,1-3H3,(H,16,17)(H,18,21)/t12-,14-/m0/s1. The predicted molar refractivity (Wildman–Crippen MR) is 80.6 cm³/mol. The third kappa shape index (κ3) is 4.28. The molecule has 2 rings (SSSR count). The number of nitrogens with zero attached hydrogens (tertiary/aromatic N) is 2. The Kier molecular flexibility index (Phi) is 5.36. The minimum Gasteiger partial charge on any atom is -0.391 e. The van der Waals surface area contributed by atoms with Crippen molar-refractivity contribution in [1.29, 1.82) is 0 Å². The number of aliphatic hydroxyl groups is 1. The van der Waals surface area contributed by atoms with Crippen molar-refractivity contribution in [2.75, 3.05) is 13.1 Å². The van der Waals surface area contributed by atoms with Crippen molar-refractivity contribution in [1.82, 2.24) is 20.2 Å². The van der Waals surface area contributed by atoms with Crippen LogP contribution in [0, 0.1) is 12.8 Å². The number of carbonyl (C=O) groups excluding carboxylic acids is 1. The number of amides is 1. The Morgan fingerprint density at radius 3 is 2.86 bits per heavy atom. The summed E-state index contributed by atoms with van der Waals surface area (Å²) in [6.07, 6.45) is 2.68. The number of rotatable bonds is 4. The molecule has 3 N–H and O–H groups in total. The number of aromatic nitrogens is 2. The minimum atomic E-state index is -0.474. The first-order valence-electron chi connectivity index (χ1n) is 7.67. The van der Waals surface area contributed by atoms with E-state index in [1.54, 1.807) is 6.33 Å². The number of aromatic amines is 1. The SMILES string of the molecule is Cc1[nH]cnc1CN1CC[C@H](NC(=O)C(C)C)[C@@H](O)CC1. The zero-order chi connectivity index (χ0) is 15.4. The van der Waals surface area contributed by atoms with Gasteiger partial charge in [0.2, 0.25) is 5.91 Å². The fourth-order valence-corrected chi connectivity index (χ4v) is 2.58. The van der Waals surface area contributed by atoms with Gasteiger partial charge in [-0.2, -0.15) is 0 Å². The highest BCUT2D eigenvalue weighted by molar-refractivity contribution is 5.78. The van der Waals surface area contributed by atoms with Gasteiger partial charge in [-0.1, -0.05) is 13.8 Å². The van der Waals surface area contributed by atoms with Crippen LogP contribution >= 0.6 is 0 Å². The van der Waals surface area contributed by atoms with Crippen molar-refractivity contribution >= 4 is 5.91 Å². The van der Waals surface area contributed by atoms with E-state index in [1.807, 2.05) is 20.8 Å². The third-order valence-electron chi connectivity index (χ3n) is 4.12. The molecule has 118 valence electrons. The lowest BCUT2D eigenvalue weighted by Gasteiger charge is -2.22. The number of carbonyl (C=O) groups is 1. The minimum absolute atomic E-state index is 0.00986. The Morgan fingerprint density at radius 2 is 2.24 bits per heavy atom. The molecule has 1 aliphatic rings. The molecule has 1 aliphatic heterocycles. The molecule has 0 aromatic carbocycles. The van der Waals surface area contributed by atoms with Crippen LogP contribution in [-0.4, -0.2) is 51.1 Å². The quantitative estimate of drug-likeness (QED) is 0.768. The van der Waals surface area contributed by atoms with E-state index >= 15 is 0 Å². The molecule has 0 spiro atoms. The van der Waals surface area contributed by atoms with E-state index in [0.717, 1.165) is 37.4 Å². The number of likely N-dealkylation sites (tertiary alicyclic amines) is 1. The summed E-state index contributed by atoms with van der Waals surface area (Å²) in [6, 6.07) is -0.148. The van der Waals surface area contributed by atoms with Gasteiger partial charge < -0.3 is 15.4 Å². The predicted octanol–water partition coefficient (Wildman–Crippen LogP) is 0.816. The number of aliphatic hydroxyl groups excluding tert-OH is 1. The average Bonchev–Trinajstić information content (AvgIpc) is 2.76. The Bertz CT molecular complexity index is 472. The summed E-state index contributed by atoms with van der Waals surface area (Å²) < 4.78 is 0. The van der Waals surface area contributed by atoms with Crippen LogP contribution in [0.25, 0.3) is 0 Å². The molecule has 1 aromatic rings. The largest absolute Gasteiger partial charge is 0.391 e. The van der Waals surface area contributed by atoms with Crippen molar-refractivity contribution in [2.45, 2.75) is 52.3 Å². The fraction of sp³-hybridized carbons (Fsp3) is 0.733. The van der Waals surface area contributed by atoms with Gasteiger partial charge in [0, 0.05) is 31.2 Å². The van der Waals surface area contributed by atoms with Gasteiger partial charge in [-0.3, -0.25) is 9.69 Å². The van der Waals surface area contributed by atoms with Crippen molar-refractivity contribution < 1.29 is 9.90 Å². The zero-order valence-corrected chi connectivity index (χ0v) is 13.1. The fourth-order valence-electron chi connectivity index (χ4n) is 2.58. The molecule has 1 saturated heterocycles. The van der Waals surface area contributed by atoms with E-state index in [9.17, 15) is 9.90 Å². The third-order valence-corrected chi connectivity index (χ3v) is 4.12. The molecule has 2 heterocycles. The second kappa shape index (κ2) is 7.04. The summed E-state index contributed by atoms with van der Waals surface area (Å²) in [6.45, 7) is 8.21. The maximum atomic E-state index is 11.8. The molecule has 6 nitrogen and oxygen atoms in total. The van der Waals surface area contributed by atoms with Gasteiger partial charge in [-0.25, -0.2) is 4.98 Å². The first kappa shape index (κ1) is 16.0. The Hall–Kier alpha value is -1.40. The molecule has 1 amide bonds. The van der Waals surface area contributed by atoms with Crippen LogP contribution < -0.4 is 5.32 Å². The highest BCUT2D eigenvalue weighted by atomic mass is 16.3. The van der Waals surface area contributed by atoms with Crippen molar-refractivity contribution in [3.63, 3.8) is 0 Å². The molecule has 1 fully saturated rings. The molecule has 0 aliphatic carbocycles. The molecular formula is C15H26N4O2. The monoisotopic (exact) mass is 294 g/mol. The lowest BCUT2D eigenvalue weighted by Crippen LogP contribution is -2.44. The molecule has 2 atom stereocenters. The van der Waals surface area contributed by atoms with Crippen LogP contribution in [0.2, 0.25) is 0 Å². The van der Waals surface area contributed by atoms with Crippen molar-refractivity contribution in [3.8, 4) is 0 Å². The van der Waals surface area contributed by atoms with E-state index in [-0.39, 0.29) is 17.9 Å². The van der Waals surface area contributed by atoms with Gasteiger partial charge >= 0.3 is 0 Å². The Labute approximate surface area is 125 Å². The van der Waals surface area contributed by atoms with E-state index in [1.165, 1.54) is 0 Å². The number of hydrogen-bond donors (Lipinski definition) is 3. The molecular weight excluding hydrogens is 268 g/mol. The van der Waals surface area contributed by atoms with Crippen LogP contribution in [0.15, 0.2) is 6.33 Å². The van der Waals surface area contributed by atoms with Gasteiger partial charge in [0.1, 0.15) is 0 Å². The van der Waals surface area contributed by atoms with Crippen molar-refractivity contribution in [2.24, 2.45) is 5.92 Å². The van der Waals surface area contributed by atoms with Crippen LogP contribution in [0.1, 0.15) is 38.1 Å². The maximum Gasteiger partial charge on any atom is 0.222 e. The molecule has 0 saturated carbocycles. The Balaban J connectivity index is 1.91. The first-order chi connectivity index (χ1) is 9.97. The van der Waals surface area contributed by atoms with Gasteiger partial charge in [0.25, 0.3) is 0 Å². The molecule has 6 heteroatoms. The van der Waals surface area contributed by atoms with Crippen molar-refractivity contribution in [3.05, 3.63) is 17.7 Å². The van der Waals surface area contributed by atoms with Crippen LogP contribution in [0.5, 0.6) is 0 Å². The summed E-state index contributed by atoms with van der Waals surface area (Å²) in [5.74, 6) is -0.0427. The number of hydrogen-bond acceptors (Lipinski definition) is 4. The highest BCUT2D eigenvalue weighted by Crippen LogP contribution is 2.15. The van der Waals surface area contributed by atoms with E-state index in [0.29, 0.717) is 6.42 Å². The van der Waals surface area contributed by atoms with E-state index in [2.05, 4.69) is 20.2 Å². The number of H-pyrrole nitrogens is 1. The summed E-state index contributed by atoms with van der Waals surface area (Å²) in [5.41, 5.74) is 2.14. The summed E-state index contributed by atoms with van der Waals surface area (Å²) in [5, 5.41) is 13.2. The van der Waals surface area contributed by atoms with E-state index in [4.69, 9.17) is 0 Å². The molecule has 21 heavy (non-hydrogen) atoms. The summed E-state index contributed by atoms with van der Waals surface area (Å²) in [7, 11) is 0. The van der Waals surface area contributed by atoms with E-state index < -0.39 is 6.10 Å². The Morgan fingerprint density at radius 1 is 1.52 bits per heavy atom. The smallest absolute Gasteiger partial charge is 0.222 e. The highest BCUT2D eigenvalue weighted by Gasteiger charge is 2.27. The topological polar surface area (TPSA) is 81.2 Å². The van der Waals surface area contributed by atoms with Crippen LogP contribution in [0.3, 0.4) is 0 Å². The van der Waals surface area contributed by atoms with Gasteiger partial charge in [-0.05, 0) is 19.8 Å². The second-order valence-electron chi connectivity index (χ2n) is 6.16. The molecule has 0 bridgehead atoms. The number of imidazole rings is 1. The lowest BCUT2D eigenvalue weighted by atomic mass is 10.1. The number of nitrogens with one attached hydrogen (secondary N) is 2. The molecule has 1 aromatic heterocycles. The maximum absolute atomic E-state index is 11.8. The normalized spacial score (nSPS) is 24.0. The number of aryl methyl sites for hydroxylation is 1. The average molecular weight is 294 g/mol. The lowest BCUT2D eigenvalue weighted by molar-refractivity contribution is -0.125. The molecule has 0 radical (unpaired) electrons.